The van der Waals surface area contributed by atoms with Crippen LogP contribution < -0.4 is 0 Å². The molecule has 0 aliphatic heterocycles. The van der Waals surface area contributed by atoms with Gasteiger partial charge in [-0.05, 0) is 39.0 Å². The molecule has 4 heterocycles. The Morgan fingerprint density at radius 3 is 2.64 bits per heavy atom. The van der Waals surface area contributed by atoms with Gasteiger partial charge in [-0.3, -0.25) is 14.3 Å². The second kappa shape index (κ2) is 5.81. The van der Waals surface area contributed by atoms with E-state index in [1.54, 1.807) is 0 Å². The van der Waals surface area contributed by atoms with E-state index in [9.17, 15) is 0 Å². The lowest BCUT2D eigenvalue weighted by molar-refractivity contribution is 0.532. The lowest BCUT2D eigenvalue weighted by atomic mass is 10.0. The molecule has 0 aliphatic carbocycles. The van der Waals surface area contributed by atoms with E-state index in [4.69, 9.17) is 4.98 Å². The standard InChI is InChI=1S/C19H20N6/c1-12(2)25-11-14(10-21-25)17-9-15(16-7-5-6-8-20-16)18-13(3)24(4)23-19(18)22-17/h5-12H,1-4H3. The highest BCUT2D eigenvalue weighted by atomic mass is 15.3. The number of fused-ring (bicyclic) bond motifs is 1. The van der Waals surface area contributed by atoms with Crippen LogP contribution in [0.25, 0.3) is 33.5 Å². The molecule has 6 nitrogen and oxygen atoms in total. The van der Waals surface area contributed by atoms with Gasteiger partial charge in [0.1, 0.15) is 0 Å². The van der Waals surface area contributed by atoms with E-state index < -0.39 is 0 Å². The Morgan fingerprint density at radius 1 is 1.12 bits per heavy atom. The third-order valence-corrected chi connectivity index (χ3v) is 4.46. The van der Waals surface area contributed by atoms with Gasteiger partial charge in [-0.1, -0.05) is 6.07 Å². The first-order valence-electron chi connectivity index (χ1n) is 8.35. The third-order valence-electron chi connectivity index (χ3n) is 4.46. The van der Waals surface area contributed by atoms with Crippen molar-refractivity contribution in [1.29, 1.82) is 0 Å². The van der Waals surface area contributed by atoms with Gasteiger partial charge < -0.3 is 0 Å². The molecule has 0 saturated heterocycles. The predicted octanol–water partition coefficient (Wildman–Crippen LogP) is 3.78. The van der Waals surface area contributed by atoms with Crippen molar-refractivity contribution in [2.75, 3.05) is 0 Å². The molecule has 0 aliphatic rings. The zero-order valence-corrected chi connectivity index (χ0v) is 14.8. The molecule has 25 heavy (non-hydrogen) atoms. The highest BCUT2D eigenvalue weighted by molar-refractivity contribution is 5.95. The van der Waals surface area contributed by atoms with Crippen LogP contribution in [0.2, 0.25) is 0 Å². The van der Waals surface area contributed by atoms with Crippen LogP contribution in [-0.4, -0.2) is 29.5 Å². The van der Waals surface area contributed by atoms with Crippen molar-refractivity contribution in [2.24, 2.45) is 7.05 Å². The highest BCUT2D eigenvalue weighted by Gasteiger charge is 2.17. The van der Waals surface area contributed by atoms with Gasteiger partial charge in [0.25, 0.3) is 0 Å². The number of aromatic nitrogens is 6. The summed E-state index contributed by atoms with van der Waals surface area (Å²) in [6.07, 6.45) is 5.69. The van der Waals surface area contributed by atoms with Crippen molar-refractivity contribution in [3.8, 4) is 22.5 Å². The van der Waals surface area contributed by atoms with Crippen molar-refractivity contribution in [3.63, 3.8) is 0 Å². The maximum Gasteiger partial charge on any atom is 0.182 e. The summed E-state index contributed by atoms with van der Waals surface area (Å²) >= 11 is 0. The number of pyridine rings is 2. The van der Waals surface area contributed by atoms with Crippen LogP contribution in [0.5, 0.6) is 0 Å². The number of hydrogen-bond donors (Lipinski definition) is 0. The Kier molecular flexibility index (Phi) is 3.60. The summed E-state index contributed by atoms with van der Waals surface area (Å²) in [7, 11) is 1.94. The summed E-state index contributed by atoms with van der Waals surface area (Å²) in [5.41, 5.74) is 5.62. The van der Waals surface area contributed by atoms with E-state index in [-0.39, 0.29) is 0 Å². The Morgan fingerprint density at radius 2 is 1.96 bits per heavy atom. The zero-order valence-electron chi connectivity index (χ0n) is 14.8. The quantitative estimate of drug-likeness (QED) is 0.573. The summed E-state index contributed by atoms with van der Waals surface area (Å²) in [6.45, 7) is 6.27. The maximum atomic E-state index is 4.77. The maximum absolute atomic E-state index is 4.77. The van der Waals surface area contributed by atoms with Gasteiger partial charge in [0.2, 0.25) is 0 Å². The fraction of sp³-hybridized carbons (Fsp3) is 0.263. The van der Waals surface area contributed by atoms with Crippen LogP contribution in [0.4, 0.5) is 0 Å². The van der Waals surface area contributed by atoms with E-state index in [0.29, 0.717) is 6.04 Å². The average molecular weight is 332 g/mol. The minimum atomic E-state index is 0.310. The van der Waals surface area contributed by atoms with Crippen LogP contribution in [0.15, 0.2) is 42.9 Å². The number of aryl methyl sites for hydroxylation is 2. The van der Waals surface area contributed by atoms with E-state index in [1.807, 2.05) is 53.2 Å². The van der Waals surface area contributed by atoms with Crippen molar-refractivity contribution in [2.45, 2.75) is 26.8 Å². The van der Waals surface area contributed by atoms with Crippen LogP contribution in [0.1, 0.15) is 25.6 Å². The summed E-state index contributed by atoms with van der Waals surface area (Å²) in [5.74, 6) is 0. The molecular weight excluding hydrogens is 312 g/mol. The van der Waals surface area contributed by atoms with E-state index in [2.05, 4.69) is 42.0 Å². The number of rotatable bonds is 3. The molecule has 126 valence electrons. The van der Waals surface area contributed by atoms with E-state index >= 15 is 0 Å². The van der Waals surface area contributed by atoms with Gasteiger partial charge in [-0.15, -0.1) is 0 Å². The van der Waals surface area contributed by atoms with Crippen LogP contribution in [0.3, 0.4) is 0 Å². The molecule has 0 saturated carbocycles. The summed E-state index contributed by atoms with van der Waals surface area (Å²) in [5, 5.41) is 10.1. The Hall–Kier alpha value is -3.02. The van der Waals surface area contributed by atoms with Crippen molar-refractivity contribution in [1.82, 2.24) is 29.5 Å². The monoisotopic (exact) mass is 332 g/mol. The molecular formula is C19H20N6. The van der Waals surface area contributed by atoms with Crippen molar-refractivity contribution >= 4 is 11.0 Å². The second-order valence-corrected chi connectivity index (χ2v) is 6.48. The first-order chi connectivity index (χ1) is 12.0. The topological polar surface area (TPSA) is 61.4 Å². The van der Waals surface area contributed by atoms with E-state index in [1.165, 1.54) is 0 Å². The smallest absolute Gasteiger partial charge is 0.182 e. The molecule has 0 aromatic carbocycles. The Labute approximate surface area is 146 Å². The highest BCUT2D eigenvalue weighted by Crippen LogP contribution is 2.32. The van der Waals surface area contributed by atoms with Crippen LogP contribution in [-0.2, 0) is 7.05 Å². The molecule has 0 fully saturated rings. The van der Waals surface area contributed by atoms with Crippen molar-refractivity contribution in [3.05, 3.63) is 48.5 Å². The molecule has 0 unspecified atom stereocenters. The fourth-order valence-electron chi connectivity index (χ4n) is 2.96. The van der Waals surface area contributed by atoms with Crippen molar-refractivity contribution < 1.29 is 0 Å². The van der Waals surface area contributed by atoms with E-state index in [0.717, 1.165) is 39.2 Å². The lowest BCUT2D eigenvalue weighted by Gasteiger charge is -2.06. The molecule has 0 atom stereocenters. The lowest BCUT2D eigenvalue weighted by Crippen LogP contribution is -1.99. The number of nitrogens with zero attached hydrogens (tertiary/aromatic N) is 6. The third kappa shape index (κ3) is 2.59. The zero-order chi connectivity index (χ0) is 17.6. The van der Waals surface area contributed by atoms with Gasteiger partial charge >= 0.3 is 0 Å². The molecule has 4 aromatic heterocycles. The van der Waals surface area contributed by atoms with Crippen LogP contribution >= 0.6 is 0 Å². The summed E-state index contributed by atoms with van der Waals surface area (Å²) in [4.78, 5) is 9.30. The van der Waals surface area contributed by atoms with Gasteiger partial charge in [0, 0.05) is 42.3 Å². The molecule has 0 spiro atoms. The molecule has 0 N–H and O–H groups in total. The van der Waals surface area contributed by atoms with Gasteiger partial charge in [-0.2, -0.15) is 10.2 Å². The summed E-state index contributed by atoms with van der Waals surface area (Å²) < 4.78 is 3.80. The molecule has 4 aromatic rings. The second-order valence-electron chi connectivity index (χ2n) is 6.48. The average Bonchev–Trinajstić information content (AvgIpc) is 3.21. The molecule has 0 amide bonds. The Balaban J connectivity index is 1.98. The van der Waals surface area contributed by atoms with Gasteiger partial charge in [-0.25, -0.2) is 4.98 Å². The summed E-state index contributed by atoms with van der Waals surface area (Å²) in [6, 6.07) is 8.33. The molecule has 6 heteroatoms. The first-order valence-corrected chi connectivity index (χ1v) is 8.35. The van der Waals surface area contributed by atoms with Gasteiger partial charge in [0.05, 0.1) is 23.0 Å². The van der Waals surface area contributed by atoms with Crippen LogP contribution in [0, 0.1) is 6.92 Å². The normalized spacial score (nSPS) is 11.6. The first kappa shape index (κ1) is 15.5. The number of hydrogen-bond acceptors (Lipinski definition) is 4. The molecule has 4 rings (SSSR count). The van der Waals surface area contributed by atoms with Gasteiger partial charge in [0.15, 0.2) is 5.65 Å². The minimum Gasteiger partial charge on any atom is -0.270 e. The predicted molar refractivity (Wildman–Crippen MR) is 98.1 cm³/mol. The Bertz CT molecular complexity index is 1040. The largest absolute Gasteiger partial charge is 0.270 e. The minimum absolute atomic E-state index is 0.310. The molecule has 0 radical (unpaired) electrons. The fourth-order valence-corrected chi connectivity index (χ4v) is 2.96. The SMILES string of the molecule is Cc1c2c(-c3ccccn3)cc(-c3cnn(C(C)C)c3)nc2nn1C. The molecule has 0 bridgehead atoms.